The van der Waals surface area contributed by atoms with Crippen molar-refractivity contribution < 1.29 is 78.6 Å². The van der Waals surface area contributed by atoms with Gasteiger partial charge in [-0.2, -0.15) is 0 Å². The second kappa shape index (κ2) is 22.6. The molecule has 9 N–H and O–H groups in total. The summed E-state index contributed by atoms with van der Waals surface area (Å²) < 4.78 is 33.6. The molecule has 5 saturated heterocycles. The molecule has 342 valence electrons. The molecule has 5 aliphatic rings. The molecule has 62 heavy (non-hydrogen) atoms. The van der Waals surface area contributed by atoms with Gasteiger partial charge in [0.05, 0.1) is 37.2 Å². The molecule has 0 spiro atoms. The molecule has 5 aliphatic heterocycles. The minimum Gasteiger partial charge on any atom is -0.507 e. The van der Waals surface area contributed by atoms with Gasteiger partial charge in [-0.3, -0.25) is 19.3 Å². The molecule has 0 aromatic rings. The average Bonchev–Trinajstić information content (AvgIpc) is 3.78. The van der Waals surface area contributed by atoms with Crippen LogP contribution >= 0.6 is 34.8 Å². The highest BCUT2D eigenvalue weighted by Crippen LogP contribution is 2.35. The van der Waals surface area contributed by atoms with Crippen molar-refractivity contribution in [2.45, 2.75) is 124 Å². The quantitative estimate of drug-likeness (QED) is 0.0368. The molecule has 0 bridgehead atoms. The van der Waals surface area contributed by atoms with Crippen LogP contribution in [-0.4, -0.2) is 169 Å². The van der Waals surface area contributed by atoms with Crippen molar-refractivity contribution in [3.05, 3.63) is 94.3 Å². The van der Waals surface area contributed by atoms with Gasteiger partial charge in [0.2, 0.25) is 5.91 Å². The fourth-order valence-corrected chi connectivity index (χ4v) is 8.08. The van der Waals surface area contributed by atoms with E-state index in [9.17, 15) is 50.1 Å². The van der Waals surface area contributed by atoms with E-state index in [1.54, 1.807) is 54.7 Å². The van der Waals surface area contributed by atoms with Crippen LogP contribution < -0.4 is 5.73 Å². The molecule has 5 fully saturated rings. The summed E-state index contributed by atoms with van der Waals surface area (Å²) >= 11 is 18.8. The molecule has 0 aromatic heterocycles. The lowest BCUT2D eigenvalue weighted by Crippen LogP contribution is -2.65. The number of Topliss-reactive ketones (excluding diaryl/α,β-unsaturated/α-hetero) is 1. The number of aliphatic hydroxyl groups is 7. The number of carbonyl (C=O) groups is 3. The van der Waals surface area contributed by atoms with Crippen LogP contribution in [0.1, 0.15) is 26.7 Å². The van der Waals surface area contributed by atoms with Crippen molar-refractivity contribution in [3.63, 3.8) is 0 Å². The van der Waals surface area contributed by atoms with Crippen LogP contribution in [0.2, 0.25) is 0 Å². The number of nitrogens with zero attached hydrogens (tertiary/aromatic N) is 1. The fourth-order valence-electron chi connectivity index (χ4n) is 7.15. The molecule has 5 rings (SSSR count). The number of ether oxygens (including phenoxy) is 6. The summed E-state index contributed by atoms with van der Waals surface area (Å²) in [6.07, 6.45) is -0.0820. The number of hydrogen-bond acceptors (Lipinski definition) is 16. The summed E-state index contributed by atoms with van der Waals surface area (Å²) in [5.74, 6) is -3.91. The van der Waals surface area contributed by atoms with Gasteiger partial charge in [0, 0.05) is 10.1 Å². The van der Waals surface area contributed by atoms with E-state index in [2.05, 4.69) is 0 Å². The number of rotatable bonds is 15. The van der Waals surface area contributed by atoms with E-state index >= 15 is 0 Å². The second-order valence-electron chi connectivity index (χ2n) is 15.0. The Morgan fingerprint density at radius 1 is 0.806 bits per heavy atom. The van der Waals surface area contributed by atoms with Gasteiger partial charge in [-0.1, -0.05) is 71.8 Å². The Hall–Kier alpha value is -3.28. The normalized spacial score (nSPS) is 39.9. The van der Waals surface area contributed by atoms with Crippen molar-refractivity contribution >= 4 is 52.4 Å². The maximum atomic E-state index is 13.9. The second-order valence-corrected chi connectivity index (χ2v) is 16.5. The lowest BCUT2D eigenvalue weighted by molar-refractivity contribution is -0.338. The molecule has 0 saturated carbocycles. The standard InChI is InChI=1S/C41H51Cl3N2O16/c1-19-15-23(44)36(59-19)22(43)13-10-12-21(42)11-8-6-4-3-5-7-9-14-25(47)29-31(51)24(16-28(45)49)46(38(29)56)39-37(32(52)26(48)17-57-39)62-40-35(55)33(53)27(18-58-40)61-41-34(54)30(50)20(2)60-41/h3-14,19-20,23-24,26-27,30,32-37,39-41,47-48,50,52-55H,15-18H2,1-2H3,(H2,45,49). The molecule has 2 amide bonds. The van der Waals surface area contributed by atoms with E-state index in [4.69, 9.17) is 69.0 Å². The first-order valence-electron chi connectivity index (χ1n) is 19.6. The van der Waals surface area contributed by atoms with Crippen LogP contribution in [0.5, 0.6) is 0 Å². The largest absolute Gasteiger partial charge is 0.507 e. The third-order valence-electron chi connectivity index (χ3n) is 10.4. The molecule has 0 aromatic carbocycles. The van der Waals surface area contributed by atoms with Crippen molar-refractivity contribution in [3.8, 4) is 0 Å². The highest BCUT2D eigenvalue weighted by atomic mass is 35.5. The van der Waals surface area contributed by atoms with Crippen molar-refractivity contribution in [2.75, 3.05) is 13.2 Å². The van der Waals surface area contributed by atoms with E-state index in [1.165, 1.54) is 19.1 Å². The van der Waals surface area contributed by atoms with Crippen molar-refractivity contribution in [2.24, 2.45) is 5.73 Å². The minimum absolute atomic E-state index is 0.0274. The highest BCUT2D eigenvalue weighted by Gasteiger charge is 2.56. The van der Waals surface area contributed by atoms with E-state index in [1.807, 2.05) is 6.92 Å². The Morgan fingerprint density at radius 3 is 2.10 bits per heavy atom. The first kappa shape index (κ1) is 49.7. The number of primary amides is 1. The maximum Gasteiger partial charge on any atom is 0.264 e. The van der Waals surface area contributed by atoms with Gasteiger partial charge in [0.1, 0.15) is 72.3 Å². The summed E-state index contributed by atoms with van der Waals surface area (Å²) in [5.41, 5.74) is 4.69. The monoisotopic (exact) mass is 932 g/mol. The van der Waals surface area contributed by atoms with E-state index in [0.29, 0.717) is 16.5 Å². The number of hydrogen-bond donors (Lipinski definition) is 8. The molecule has 16 atom stereocenters. The summed E-state index contributed by atoms with van der Waals surface area (Å²) in [6.45, 7) is 2.38. The third-order valence-corrected chi connectivity index (χ3v) is 11.4. The Kier molecular flexibility index (Phi) is 18.1. The number of nitrogens with two attached hydrogens (primary N) is 1. The number of carbonyl (C=O) groups excluding carboxylic acids is 3. The van der Waals surface area contributed by atoms with E-state index in [0.717, 1.165) is 11.0 Å². The predicted octanol–water partition coefficient (Wildman–Crippen LogP) is 0.658. The highest BCUT2D eigenvalue weighted by molar-refractivity contribution is 6.32. The van der Waals surface area contributed by atoms with E-state index < -0.39 is 128 Å². The van der Waals surface area contributed by atoms with Crippen LogP contribution in [0.25, 0.3) is 0 Å². The Balaban J connectivity index is 1.22. The smallest absolute Gasteiger partial charge is 0.264 e. The lowest BCUT2D eigenvalue weighted by atomic mass is 10.0. The first-order valence-corrected chi connectivity index (χ1v) is 20.8. The Labute approximate surface area is 372 Å². The number of aliphatic hydroxyl groups excluding tert-OH is 7. The SMILES string of the molecule is CC1CC(Cl)C(C(Cl)=CC=CC(Cl)=CC=CC=CC=CC=CC(O)=C2C(=O)C(CC(N)=O)N(C3OCC(O)C(O)C3OC3OCC(OC4OC(C)C(O)C4O)C(O)C3O)C2=O)O1. The fraction of sp³-hybridized carbons (Fsp3) is 0.537. The summed E-state index contributed by atoms with van der Waals surface area (Å²) in [6, 6.07) is -1.65. The number of amides is 2. The van der Waals surface area contributed by atoms with Gasteiger partial charge in [-0.15, -0.1) is 11.6 Å². The Morgan fingerprint density at radius 2 is 1.47 bits per heavy atom. The average molecular weight is 934 g/mol. The molecule has 16 unspecified atom stereocenters. The van der Waals surface area contributed by atoms with Crippen LogP contribution in [-0.2, 0) is 42.8 Å². The van der Waals surface area contributed by atoms with Crippen molar-refractivity contribution in [1.29, 1.82) is 0 Å². The molecular formula is C41H51Cl3N2O16. The summed E-state index contributed by atoms with van der Waals surface area (Å²) in [5, 5.41) is 75.1. The zero-order chi connectivity index (χ0) is 45.4. The Bertz CT molecular complexity index is 1870. The molecule has 0 radical (unpaired) electrons. The van der Waals surface area contributed by atoms with E-state index in [-0.39, 0.29) is 17.6 Å². The van der Waals surface area contributed by atoms with Gasteiger partial charge >= 0.3 is 0 Å². The van der Waals surface area contributed by atoms with Gasteiger partial charge in [-0.05, 0) is 44.6 Å². The molecule has 0 aliphatic carbocycles. The number of allylic oxidation sites excluding steroid dienone is 13. The summed E-state index contributed by atoms with van der Waals surface area (Å²) in [4.78, 5) is 40.3. The zero-order valence-electron chi connectivity index (χ0n) is 33.5. The number of alkyl halides is 1. The van der Waals surface area contributed by atoms with Gasteiger partial charge in [0.25, 0.3) is 5.91 Å². The molecule has 5 heterocycles. The van der Waals surface area contributed by atoms with Crippen LogP contribution in [0.4, 0.5) is 0 Å². The number of ketones is 1. The molecule has 18 nitrogen and oxygen atoms in total. The topological polar surface area (TPSA) is 277 Å². The van der Waals surface area contributed by atoms with Gasteiger partial charge in [-0.25, -0.2) is 0 Å². The van der Waals surface area contributed by atoms with Crippen LogP contribution in [0.15, 0.2) is 94.3 Å². The molecular weight excluding hydrogens is 883 g/mol. The number of likely N-dealkylation sites (tertiary alicyclic amines) is 1. The first-order chi connectivity index (χ1) is 29.4. The molecule has 21 heteroatoms. The predicted molar refractivity (Wildman–Crippen MR) is 221 cm³/mol. The zero-order valence-corrected chi connectivity index (χ0v) is 35.7. The summed E-state index contributed by atoms with van der Waals surface area (Å²) in [7, 11) is 0. The maximum absolute atomic E-state index is 13.9. The third kappa shape index (κ3) is 12.1. The lowest BCUT2D eigenvalue weighted by Gasteiger charge is -2.46. The van der Waals surface area contributed by atoms with Crippen LogP contribution in [0.3, 0.4) is 0 Å². The minimum atomic E-state index is -1.90. The number of halogens is 3. The van der Waals surface area contributed by atoms with Crippen LogP contribution in [0, 0.1) is 0 Å². The van der Waals surface area contributed by atoms with Gasteiger partial charge in [0.15, 0.2) is 24.6 Å². The van der Waals surface area contributed by atoms with Crippen molar-refractivity contribution in [1.82, 2.24) is 4.90 Å². The van der Waals surface area contributed by atoms with Gasteiger partial charge < -0.3 is 69.9 Å².